The van der Waals surface area contributed by atoms with Crippen molar-refractivity contribution in [1.29, 1.82) is 0 Å². The summed E-state index contributed by atoms with van der Waals surface area (Å²) in [6.07, 6.45) is -4.76. The zero-order valence-electron chi connectivity index (χ0n) is 11.8. The number of nitrogens with zero attached hydrogens (tertiary/aromatic N) is 1. The summed E-state index contributed by atoms with van der Waals surface area (Å²) in [4.78, 5) is 4.39. The van der Waals surface area contributed by atoms with Gasteiger partial charge in [0.15, 0.2) is 0 Å². The molecule has 1 aromatic heterocycles. The molecule has 0 saturated heterocycles. The number of nitrogen functional groups attached to an aromatic ring is 1. The molecule has 3 nitrogen and oxygen atoms in total. The first kappa shape index (κ1) is 15.6. The lowest BCUT2D eigenvalue weighted by Gasteiger charge is -2.14. The van der Waals surface area contributed by atoms with Crippen LogP contribution in [0.15, 0.2) is 24.3 Å². The van der Waals surface area contributed by atoms with Crippen LogP contribution in [0.3, 0.4) is 0 Å². The summed E-state index contributed by atoms with van der Waals surface area (Å²) >= 11 is 1.27. The number of thiazole rings is 1. The number of rotatable bonds is 2. The van der Waals surface area contributed by atoms with Crippen LogP contribution in [-0.4, -0.2) is 11.3 Å². The number of hydrogen-bond acceptors (Lipinski definition) is 4. The molecule has 1 heterocycles. The summed E-state index contributed by atoms with van der Waals surface area (Å²) in [5.41, 5.74) is 6.26. The van der Waals surface area contributed by atoms with Gasteiger partial charge < -0.3 is 10.5 Å². The number of para-hydroxylation sites is 1. The van der Waals surface area contributed by atoms with Crippen molar-refractivity contribution in [3.05, 3.63) is 29.3 Å². The first-order valence-electron chi connectivity index (χ1n) is 6.20. The van der Waals surface area contributed by atoms with Gasteiger partial charge >= 0.3 is 6.36 Å². The fourth-order valence-corrected chi connectivity index (χ4v) is 2.63. The third kappa shape index (κ3) is 3.66. The maximum Gasteiger partial charge on any atom is 0.573 e. The van der Waals surface area contributed by atoms with Crippen LogP contribution in [0.5, 0.6) is 5.75 Å². The highest BCUT2D eigenvalue weighted by molar-refractivity contribution is 7.16. The van der Waals surface area contributed by atoms with Crippen molar-refractivity contribution in [1.82, 2.24) is 4.98 Å². The molecule has 0 aliphatic heterocycles. The molecule has 0 aliphatic carbocycles. The van der Waals surface area contributed by atoms with Crippen LogP contribution in [0.2, 0.25) is 0 Å². The minimum absolute atomic E-state index is 0.225. The second kappa shape index (κ2) is 5.22. The van der Waals surface area contributed by atoms with Crippen molar-refractivity contribution >= 4 is 16.3 Å². The zero-order chi connectivity index (χ0) is 15.8. The quantitative estimate of drug-likeness (QED) is 0.881. The Balaban J connectivity index is 2.50. The average molecular weight is 316 g/mol. The fraction of sp³-hybridized carbons (Fsp3) is 0.357. The first-order valence-corrected chi connectivity index (χ1v) is 7.01. The monoisotopic (exact) mass is 316 g/mol. The lowest BCUT2D eigenvalue weighted by atomic mass is 9.98. The molecule has 0 atom stereocenters. The van der Waals surface area contributed by atoms with Gasteiger partial charge in [-0.2, -0.15) is 0 Å². The van der Waals surface area contributed by atoms with Crippen molar-refractivity contribution in [2.24, 2.45) is 0 Å². The largest absolute Gasteiger partial charge is 0.573 e. The molecule has 0 saturated carbocycles. The van der Waals surface area contributed by atoms with Crippen LogP contribution in [0.4, 0.5) is 18.2 Å². The van der Waals surface area contributed by atoms with Crippen molar-refractivity contribution in [2.75, 3.05) is 5.73 Å². The molecule has 2 aromatic rings. The highest BCUT2D eigenvalue weighted by Gasteiger charge is 2.33. The van der Waals surface area contributed by atoms with Gasteiger partial charge in [-0.1, -0.05) is 32.9 Å². The van der Waals surface area contributed by atoms with Gasteiger partial charge in [0, 0.05) is 11.0 Å². The van der Waals surface area contributed by atoms with Crippen molar-refractivity contribution < 1.29 is 17.9 Å². The molecule has 2 rings (SSSR count). The minimum atomic E-state index is -4.76. The molecular formula is C14H15F3N2OS. The van der Waals surface area contributed by atoms with Gasteiger partial charge in [0.1, 0.15) is 21.5 Å². The standard InChI is InChI=1S/C14H15F3N2OS/c1-13(2,3)12-19-10(11(18)21-12)8-6-4-5-7-9(8)20-14(15,16)17/h4-7H,18H2,1-3H3. The maximum atomic E-state index is 12.5. The van der Waals surface area contributed by atoms with Gasteiger partial charge in [-0.3, -0.25) is 0 Å². The van der Waals surface area contributed by atoms with E-state index < -0.39 is 6.36 Å². The molecule has 0 amide bonds. The van der Waals surface area contributed by atoms with Crippen LogP contribution < -0.4 is 10.5 Å². The number of ether oxygens (including phenoxy) is 1. The van der Waals surface area contributed by atoms with E-state index in [2.05, 4.69) is 9.72 Å². The SMILES string of the molecule is CC(C)(C)c1nc(-c2ccccc2OC(F)(F)F)c(N)s1. The maximum absolute atomic E-state index is 12.5. The van der Waals surface area contributed by atoms with Gasteiger partial charge in [-0.15, -0.1) is 24.5 Å². The fourth-order valence-electron chi connectivity index (χ4n) is 1.72. The summed E-state index contributed by atoms with van der Waals surface area (Å²) in [6.45, 7) is 5.90. The van der Waals surface area contributed by atoms with Crippen LogP contribution in [0.25, 0.3) is 11.3 Å². The molecular weight excluding hydrogens is 301 g/mol. The third-order valence-corrected chi connectivity index (χ3v) is 3.97. The molecule has 0 fully saturated rings. The van der Waals surface area contributed by atoms with Gasteiger partial charge in [0.25, 0.3) is 0 Å². The van der Waals surface area contributed by atoms with Crippen LogP contribution >= 0.6 is 11.3 Å². The van der Waals surface area contributed by atoms with Crippen molar-refractivity contribution in [2.45, 2.75) is 32.5 Å². The molecule has 1 aromatic carbocycles. The molecule has 0 unspecified atom stereocenters. The predicted molar refractivity (Wildman–Crippen MR) is 77.3 cm³/mol. The van der Waals surface area contributed by atoms with E-state index in [0.717, 1.165) is 5.01 Å². The van der Waals surface area contributed by atoms with Gasteiger partial charge in [0.05, 0.1) is 0 Å². The molecule has 114 valence electrons. The Morgan fingerprint density at radius 1 is 1.14 bits per heavy atom. The van der Waals surface area contributed by atoms with Crippen molar-refractivity contribution in [3.8, 4) is 17.0 Å². The van der Waals surface area contributed by atoms with Gasteiger partial charge in [0.2, 0.25) is 0 Å². The third-order valence-electron chi connectivity index (χ3n) is 2.66. The van der Waals surface area contributed by atoms with Crippen LogP contribution in [0, 0.1) is 0 Å². The van der Waals surface area contributed by atoms with E-state index >= 15 is 0 Å². The molecule has 0 radical (unpaired) electrons. The molecule has 21 heavy (non-hydrogen) atoms. The predicted octanol–water partition coefficient (Wildman–Crippen LogP) is 4.59. The Morgan fingerprint density at radius 2 is 1.76 bits per heavy atom. The second-order valence-corrected chi connectivity index (χ2v) is 6.56. The van der Waals surface area contributed by atoms with E-state index in [4.69, 9.17) is 5.73 Å². The van der Waals surface area contributed by atoms with E-state index in [9.17, 15) is 13.2 Å². The molecule has 2 N–H and O–H groups in total. The molecule has 0 spiro atoms. The summed E-state index contributed by atoms with van der Waals surface area (Å²) in [5.74, 6) is -0.303. The number of anilines is 1. The average Bonchev–Trinajstić information content (AvgIpc) is 2.70. The smallest absolute Gasteiger partial charge is 0.405 e. The summed E-state index contributed by atoms with van der Waals surface area (Å²) in [5, 5.41) is 1.13. The highest BCUT2D eigenvalue weighted by Crippen LogP contribution is 2.40. The number of halogens is 3. The number of hydrogen-bond donors (Lipinski definition) is 1. The Bertz CT molecular complexity index is 644. The van der Waals surface area contributed by atoms with E-state index in [1.807, 2.05) is 20.8 Å². The Kier molecular flexibility index (Phi) is 3.88. The minimum Gasteiger partial charge on any atom is -0.405 e. The molecule has 7 heteroatoms. The topological polar surface area (TPSA) is 48.1 Å². The Hall–Kier alpha value is -1.76. The van der Waals surface area contributed by atoms with Crippen LogP contribution in [-0.2, 0) is 5.41 Å². The lowest BCUT2D eigenvalue weighted by molar-refractivity contribution is -0.274. The molecule has 0 aliphatic rings. The number of nitrogens with two attached hydrogens (primary N) is 1. The molecule has 0 bridgehead atoms. The highest BCUT2D eigenvalue weighted by atomic mass is 32.1. The Morgan fingerprint density at radius 3 is 2.29 bits per heavy atom. The second-order valence-electron chi connectivity index (χ2n) is 5.53. The van der Waals surface area contributed by atoms with E-state index in [0.29, 0.717) is 10.7 Å². The van der Waals surface area contributed by atoms with Gasteiger partial charge in [-0.25, -0.2) is 4.98 Å². The summed E-state index contributed by atoms with van der Waals surface area (Å²) < 4.78 is 41.4. The van der Waals surface area contributed by atoms with Crippen molar-refractivity contribution in [3.63, 3.8) is 0 Å². The van der Waals surface area contributed by atoms with Crippen LogP contribution in [0.1, 0.15) is 25.8 Å². The summed E-state index contributed by atoms with van der Waals surface area (Å²) in [7, 11) is 0. The number of alkyl halides is 3. The first-order chi connectivity index (χ1) is 9.58. The number of benzene rings is 1. The lowest BCUT2D eigenvalue weighted by Crippen LogP contribution is -2.17. The Labute approximate surface area is 124 Å². The van der Waals surface area contributed by atoms with E-state index in [1.54, 1.807) is 6.07 Å². The number of aromatic nitrogens is 1. The van der Waals surface area contributed by atoms with E-state index in [1.165, 1.54) is 29.5 Å². The van der Waals surface area contributed by atoms with Gasteiger partial charge in [-0.05, 0) is 12.1 Å². The zero-order valence-corrected chi connectivity index (χ0v) is 12.6. The summed E-state index contributed by atoms with van der Waals surface area (Å²) in [6, 6.07) is 5.85. The normalized spacial score (nSPS) is 12.5. The van der Waals surface area contributed by atoms with E-state index in [-0.39, 0.29) is 16.7 Å².